The van der Waals surface area contributed by atoms with Gasteiger partial charge in [-0.3, -0.25) is 0 Å². The Morgan fingerprint density at radius 1 is 1.46 bits per heavy atom. The molecule has 0 amide bonds. The van der Waals surface area contributed by atoms with Crippen LogP contribution in [0.5, 0.6) is 5.75 Å². The van der Waals surface area contributed by atoms with Crippen molar-refractivity contribution < 1.29 is 18.3 Å². The van der Waals surface area contributed by atoms with E-state index in [1.54, 1.807) is 0 Å². The molecule has 0 saturated heterocycles. The molecular weight excluding hydrogens is 178 g/mol. The highest BCUT2D eigenvalue weighted by Crippen LogP contribution is 2.26. The first-order valence-corrected chi connectivity index (χ1v) is 3.81. The van der Waals surface area contributed by atoms with Gasteiger partial charge in [0.15, 0.2) is 0 Å². The zero-order valence-corrected chi connectivity index (χ0v) is 6.59. The van der Waals surface area contributed by atoms with Crippen LogP contribution in [0.2, 0.25) is 0 Å². The number of alkyl halides is 1. The fourth-order valence-corrected chi connectivity index (χ4v) is 1.26. The molecule has 0 N–H and O–H groups in total. The molecule has 0 bridgehead atoms. The summed E-state index contributed by atoms with van der Waals surface area (Å²) < 4.78 is 30.1. The van der Waals surface area contributed by atoms with Crippen molar-refractivity contribution in [3.8, 4) is 5.75 Å². The van der Waals surface area contributed by atoms with Crippen LogP contribution in [0.1, 0.15) is 5.56 Å². The molecule has 0 spiro atoms. The van der Waals surface area contributed by atoms with Gasteiger partial charge >= 0.3 is 5.97 Å². The van der Waals surface area contributed by atoms with Crippen molar-refractivity contribution >= 4 is 5.97 Å². The second-order valence-corrected chi connectivity index (χ2v) is 2.84. The van der Waals surface area contributed by atoms with Crippen LogP contribution in [0.15, 0.2) is 18.2 Å². The van der Waals surface area contributed by atoms with E-state index < -0.39 is 18.0 Å². The predicted molar refractivity (Wildman–Crippen MR) is 40.6 cm³/mol. The van der Waals surface area contributed by atoms with E-state index in [9.17, 15) is 13.6 Å². The number of ether oxygens (including phenoxy) is 1. The summed E-state index contributed by atoms with van der Waals surface area (Å²) in [5.74, 6) is -1.11. The van der Waals surface area contributed by atoms with Gasteiger partial charge in [-0.1, -0.05) is 0 Å². The number of rotatable bonds is 0. The summed E-state index contributed by atoms with van der Waals surface area (Å²) in [7, 11) is 0. The molecule has 1 unspecified atom stereocenters. The zero-order valence-electron chi connectivity index (χ0n) is 6.59. The minimum atomic E-state index is -1.67. The molecule has 0 saturated carbocycles. The Bertz CT molecular complexity index is 363. The van der Waals surface area contributed by atoms with Crippen molar-refractivity contribution in [2.45, 2.75) is 12.6 Å². The Morgan fingerprint density at radius 2 is 2.23 bits per heavy atom. The van der Waals surface area contributed by atoms with Gasteiger partial charge in [0.2, 0.25) is 6.17 Å². The van der Waals surface area contributed by atoms with Crippen LogP contribution >= 0.6 is 0 Å². The number of fused-ring (bicyclic) bond motifs is 1. The van der Waals surface area contributed by atoms with E-state index in [0.717, 1.165) is 0 Å². The third kappa shape index (κ3) is 1.39. The second kappa shape index (κ2) is 2.80. The highest BCUT2D eigenvalue weighted by atomic mass is 19.1. The molecule has 0 aromatic heterocycles. The zero-order chi connectivity index (χ0) is 9.42. The maximum atomic E-state index is 12.8. The highest BCUT2D eigenvalue weighted by molar-refractivity contribution is 5.79. The summed E-state index contributed by atoms with van der Waals surface area (Å²) in [4.78, 5) is 10.8. The normalized spacial score (nSPS) is 20.8. The van der Waals surface area contributed by atoms with Crippen molar-refractivity contribution in [1.29, 1.82) is 0 Å². The molecule has 1 aliphatic heterocycles. The number of halogens is 2. The molecule has 0 radical (unpaired) electrons. The first-order chi connectivity index (χ1) is 6.16. The molecule has 1 aromatic rings. The van der Waals surface area contributed by atoms with Crippen LogP contribution in [0.3, 0.4) is 0 Å². The topological polar surface area (TPSA) is 26.3 Å². The molecule has 2 nitrogen and oxygen atoms in total. The molecule has 1 aromatic carbocycles. The van der Waals surface area contributed by atoms with E-state index in [1.807, 2.05) is 0 Å². The minimum Gasteiger partial charge on any atom is -0.424 e. The third-order valence-electron chi connectivity index (χ3n) is 1.89. The van der Waals surface area contributed by atoms with E-state index in [0.29, 0.717) is 5.56 Å². The van der Waals surface area contributed by atoms with Gasteiger partial charge in [0, 0.05) is 12.0 Å². The molecule has 4 heteroatoms. The Hall–Kier alpha value is -1.45. The van der Waals surface area contributed by atoms with Gasteiger partial charge in [-0.05, 0) is 18.2 Å². The summed E-state index contributed by atoms with van der Waals surface area (Å²) in [6.07, 6.45) is -1.78. The van der Waals surface area contributed by atoms with Crippen molar-refractivity contribution in [2.75, 3.05) is 0 Å². The van der Waals surface area contributed by atoms with Crippen molar-refractivity contribution in [1.82, 2.24) is 0 Å². The van der Waals surface area contributed by atoms with Gasteiger partial charge in [-0.2, -0.15) is 0 Å². The van der Waals surface area contributed by atoms with Gasteiger partial charge in [0.1, 0.15) is 11.6 Å². The lowest BCUT2D eigenvalue weighted by Crippen LogP contribution is -2.28. The standard InChI is InChI=1S/C9H6F2O2/c10-6-1-2-8-5(3-6)4-7(11)9(12)13-8/h1-3,7H,4H2. The predicted octanol–water partition coefficient (Wildman–Crippen LogP) is 1.63. The van der Waals surface area contributed by atoms with Gasteiger partial charge in [-0.25, -0.2) is 13.6 Å². The van der Waals surface area contributed by atoms with E-state index in [1.165, 1.54) is 18.2 Å². The van der Waals surface area contributed by atoms with Crippen LogP contribution in [0.4, 0.5) is 8.78 Å². The lowest BCUT2D eigenvalue weighted by atomic mass is 10.1. The smallest absolute Gasteiger partial charge is 0.346 e. The lowest BCUT2D eigenvalue weighted by Gasteiger charge is -2.17. The van der Waals surface area contributed by atoms with Crippen LogP contribution in [-0.2, 0) is 11.2 Å². The van der Waals surface area contributed by atoms with E-state index in [2.05, 4.69) is 4.74 Å². The molecular formula is C9H6F2O2. The first-order valence-electron chi connectivity index (χ1n) is 3.81. The van der Waals surface area contributed by atoms with Gasteiger partial charge in [0.25, 0.3) is 0 Å². The minimum absolute atomic E-state index is 0.105. The third-order valence-corrected chi connectivity index (χ3v) is 1.89. The maximum Gasteiger partial charge on any atom is 0.346 e. The molecule has 1 heterocycles. The van der Waals surface area contributed by atoms with Crippen LogP contribution in [0.25, 0.3) is 0 Å². The number of esters is 1. The maximum absolute atomic E-state index is 12.8. The fourth-order valence-electron chi connectivity index (χ4n) is 1.26. The first kappa shape index (κ1) is 8.16. The molecule has 1 atom stereocenters. The van der Waals surface area contributed by atoms with Crippen LogP contribution in [0, 0.1) is 5.82 Å². The number of carbonyl (C=O) groups excluding carboxylic acids is 1. The van der Waals surface area contributed by atoms with Crippen LogP contribution in [-0.4, -0.2) is 12.1 Å². The number of hydrogen-bond acceptors (Lipinski definition) is 2. The van der Waals surface area contributed by atoms with Crippen molar-refractivity contribution in [2.24, 2.45) is 0 Å². The highest BCUT2D eigenvalue weighted by Gasteiger charge is 2.27. The molecule has 13 heavy (non-hydrogen) atoms. The average Bonchev–Trinajstić information content (AvgIpc) is 2.08. The SMILES string of the molecule is O=C1Oc2ccc(F)cc2CC1F. The van der Waals surface area contributed by atoms with Crippen molar-refractivity contribution in [3.63, 3.8) is 0 Å². The summed E-state index contributed by atoms with van der Waals surface area (Å²) in [5.41, 5.74) is 0.395. The summed E-state index contributed by atoms with van der Waals surface area (Å²) >= 11 is 0. The lowest BCUT2D eigenvalue weighted by molar-refractivity contribution is -0.141. The Kier molecular flexibility index (Phi) is 1.76. The number of carbonyl (C=O) groups is 1. The van der Waals surface area contributed by atoms with Crippen LogP contribution < -0.4 is 4.74 Å². The Labute approximate surface area is 73.1 Å². The summed E-state index contributed by atoms with van der Waals surface area (Å²) in [6, 6.07) is 3.67. The molecule has 0 aliphatic carbocycles. The monoisotopic (exact) mass is 184 g/mol. The fraction of sp³-hybridized carbons (Fsp3) is 0.222. The average molecular weight is 184 g/mol. The Balaban J connectivity index is 2.42. The second-order valence-electron chi connectivity index (χ2n) is 2.84. The molecule has 68 valence electrons. The Morgan fingerprint density at radius 3 is 3.00 bits per heavy atom. The number of hydrogen-bond donors (Lipinski definition) is 0. The van der Waals surface area contributed by atoms with E-state index in [-0.39, 0.29) is 12.2 Å². The molecule has 1 aliphatic rings. The van der Waals surface area contributed by atoms with Gasteiger partial charge < -0.3 is 4.74 Å². The molecule has 0 fully saturated rings. The van der Waals surface area contributed by atoms with E-state index >= 15 is 0 Å². The quantitative estimate of drug-likeness (QED) is 0.452. The van der Waals surface area contributed by atoms with E-state index in [4.69, 9.17) is 0 Å². The number of benzene rings is 1. The largest absolute Gasteiger partial charge is 0.424 e. The van der Waals surface area contributed by atoms with Gasteiger partial charge in [0.05, 0.1) is 0 Å². The van der Waals surface area contributed by atoms with Crippen molar-refractivity contribution in [3.05, 3.63) is 29.6 Å². The molecule has 2 rings (SSSR count). The van der Waals surface area contributed by atoms with Gasteiger partial charge in [-0.15, -0.1) is 0 Å². The summed E-state index contributed by atoms with van der Waals surface area (Å²) in [6.45, 7) is 0. The summed E-state index contributed by atoms with van der Waals surface area (Å²) in [5, 5.41) is 0.